The van der Waals surface area contributed by atoms with E-state index in [4.69, 9.17) is 0 Å². The summed E-state index contributed by atoms with van der Waals surface area (Å²) in [6, 6.07) is 11.4. The second kappa shape index (κ2) is 6.44. The minimum Gasteiger partial charge on any atom is -0.310 e. The highest BCUT2D eigenvalue weighted by molar-refractivity contribution is 5.29. The Hall–Kier alpha value is -1.61. The highest BCUT2D eigenvalue weighted by Gasteiger charge is 2.13. The average molecular weight is 285 g/mol. The molecule has 0 spiro atoms. The number of hydrogen-bond acceptors (Lipinski definition) is 2. The van der Waals surface area contributed by atoms with Crippen LogP contribution in [0.5, 0.6) is 0 Å². The summed E-state index contributed by atoms with van der Waals surface area (Å²) in [6.07, 6.45) is 2.85. The van der Waals surface area contributed by atoms with Gasteiger partial charge in [-0.3, -0.25) is 4.68 Å². The molecule has 0 bridgehead atoms. The Labute approximate surface area is 128 Å². The van der Waals surface area contributed by atoms with E-state index in [-0.39, 0.29) is 5.41 Å². The van der Waals surface area contributed by atoms with E-state index >= 15 is 0 Å². The van der Waals surface area contributed by atoms with Gasteiger partial charge >= 0.3 is 0 Å². The van der Waals surface area contributed by atoms with Crippen LogP contribution in [0.4, 0.5) is 0 Å². The Balaban J connectivity index is 1.88. The van der Waals surface area contributed by atoms with E-state index in [1.165, 1.54) is 16.8 Å². The number of hydrogen-bond donors (Lipinski definition) is 1. The minimum atomic E-state index is 0.217. The van der Waals surface area contributed by atoms with E-state index in [9.17, 15) is 0 Å². The lowest BCUT2D eigenvalue weighted by Crippen LogP contribution is -2.22. The highest BCUT2D eigenvalue weighted by Crippen LogP contribution is 2.23. The zero-order chi connectivity index (χ0) is 15.5. The van der Waals surface area contributed by atoms with Crippen LogP contribution < -0.4 is 5.32 Å². The molecule has 0 saturated heterocycles. The maximum absolute atomic E-state index is 4.19. The predicted molar refractivity (Wildman–Crippen MR) is 88.5 cm³/mol. The summed E-state index contributed by atoms with van der Waals surface area (Å²) >= 11 is 0. The monoisotopic (exact) mass is 285 g/mol. The summed E-state index contributed by atoms with van der Waals surface area (Å²) in [5, 5.41) is 7.78. The Morgan fingerprint density at radius 3 is 2.33 bits per heavy atom. The predicted octanol–water partition coefficient (Wildman–Crippen LogP) is 3.61. The third kappa shape index (κ3) is 4.18. The Kier molecular flexibility index (Phi) is 4.84. The van der Waals surface area contributed by atoms with Gasteiger partial charge in [0.1, 0.15) is 0 Å². The van der Waals surface area contributed by atoms with Crippen LogP contribution in [0.2, 0.25) is 0 Å². The van der Waals surface area contributed by atoms with Gasteiger partial charge in [0.25, 0.3) is 0 Å². The molecular formula is C18H27N3. The number of nitrogens with one attached hydrogen (secondary N) is 1. The first-order valence-electron chi connectivity index (χ1n) is 7.68. The van der Waals surface area contributed by atoms with E-state index in [1.807, 2.05) is 17.9 Å². The third-order valence-electron chi connectivity index (χ3n) is 4.03. The fourth-order valence-corrected chi connectivity index (χ4v) is 2.45. The maximum Gasteiger partial charge on any atom is 0.0492 e. The Morgan fingerprint density at radius 1 is 1.14 bits per heavy atom. The molecule has 2 rings (SSSR count). The largest absolute Gasteiger partial charge is 0.310 e. The van der Waals surface area contributed by atoms with Gasteiger partial charge in [-0.25, -0.2) is 0 Å². The molecule has 1 N–H and O–H groups in total. The van der Waals surface area contributed by atoms with Gasteiger partial charge in [-0.2, -0.15) is 5.10 Å². The van der Waals surface area contributed by atoms with Gasteiger partial charge in [0.2, 0.25) is 0 Å². The van der Waals surface area contributed by atoms with E-state index in [1.54, 1.807) is 0 Å². The number of benzene rings is 1. The molecule has 2 aromatic rings. The van der Waals surface area contributed by atoms with Crippen molar-refractivity contribution in [3.05, 3.63) is 53.3 Å². The van der Waals surface area contributed by atoms with Crippen LogP contribution in [0.15, 0.2) is 36.5 Å². The molecule has 0 aliphatic rings. The van der Waals surface area contributed by atoms with Gasteiger partial charge in [0.15, 0.2) is 0 Å². The van der Waals surface area contributed by atoms with Crippen molar-refractivity contribution in [1.82, 2.24) is 15.1 Å². The summed E-state index contributed by atoms with van der Waals surface area (Å²) in [5.74, 6) is 0. The lowest BCUT2D eigenvalue weighted by Gasteiger charge is -2.20. The second-order valence-corrected chi connectivity index (χ2v) is 6.74. The molecule has 0 radical (unpaired) electrons. The summed E-state index contributed by atoms with van der Waals surface area (Å²) < 4.78 is 1.93. The van der Waals surface area contributed by atoms with Crippen molar-refractivity contribution in [2.45, 2.75) is 45.6 Å². The van der Waals surface area contributed by atoms with Crippen molar-refractivity contribution >= 4 is 0 Å². The maximum atomic E-state index is 4.19. The normalized spacial score (nSPS) is 13.4. The molecule has 0 amide bonds. The molecule has 1 unspecified atom stereocenters. The topological polar surface area (TPSA) is 29.9 Å². The molecular weight excluding hydrogens is 258 g/mol. The van der Waals surface area contributed by atoms with Crippen molar-refractivity contribution in [3.8, 4) is 0 Å². The summed E-state index contributed by atoms with van der Waals surface area (Å²) in [6.45, 7) is 9.92. The third-order valence-corrected chi connectivity index (χ3v) is 4.03. The quantitative estimate of drug-likeness (QED) is 0.909. The van der Waals surface area contributed by atoms with Gasteiger partial charge in [0, 0.05) is 37.9 Å². The van der Waals surface area contributed by atoms with E-state index in [0.717, 1.165) is 13.0 Å². The molecule has 1 atom stereocenters. The molecule has 1 heterocycles. The Morgan fingerprint density at radius 2 is 1.81 bits per heavy atom. The molecule has 3 heteroatoms. The fourth-order valence-electron chi connectivity index (χ4n) is 2.45. The number of rotatable bonds is 5. The molecule has 0 aliphatic heterocycles. The van der Waals surface area contributed by atoms with Crippen LogP contribution in [-0.2, 0) is 18.9 Å². The number of aryl methyl sites for hydroxylation is 1. The summed E-state index contributed by atoms with van der Waals surface area (Å²) in [7, 11) is 1.99. The molecule has 21 heavy (non-hydrogen) atoms. The van der Waals surface area contributed by atoms with E-state index in [2.05, 4.69) is 68.4 Å². The van der Waals surface area contributed by atoms with Crippen LogP contribution in [0.25, 0.3) is 0 Å². The van der Waals surface area contributed by atoms with Gasteiger partial charge in [-0.1, -0.05) is 45.0 Å². The van der Waals surface area contributed by atoms with E-state index < -0.39 is 0 Å². The molecule has 3 nitrogen and oxygen atoms in total. The van der Waals surface area contributed by atoms with Crippen LogP contribution in [0.1, 0.15) is 50.6 Å². The van der Waals surface area contributed by atoms with Gasteiger partial charge in [-0.05, 0) is 29.5 Å². The van der Waals surface area contributed by atoms with Gasteiger partial charge in [0.05, 0.1) is 0 Å². The van der Waals surface area contributed by atoms with Crippen LogP contribution in [0.3, 0.4) is 0 Å². The van der Waals surface area contributed by atoms with Crippen LogP contribution >= 0.6 is 0 Å². The zero-order valence-corrected chi connectivity index (χ0v) is 13.9. The van der Waals surface area contributed by atoms with Crippen molar-refractivity contribution in [2.24, 2.45) is 7.05 Å². The first-order chi connectivity index (χ1) is 9.88. The average Bonchev–Trinajstić information content (AvgIpc) is 2.83. The molecule has 114 valence electrons. The molecule has 1 aromatic heterocycles. The van der Waals surface area contributed by atoms with Crippen LogP contribution in [0, 0.1) is 0 Å². The number of nitrogens with zero attached hydrogens (tertiary/aromatic N) is 2. The van der Waals surface area contributed by atoms with Crippen LogP contribution in [-0.4, -0.2) is 16.3 Å². The minimum absolute atomic E-state index is 0.217. The van der Waals surface area contributed by atoms with Crippen molar-refractivity contribution < 1.29 is 0 Å². The van der Waals surface area contributed by atoms with Crippen molar-refractivity contribution in [1.29, 1.82) is 0 Å². The fraction of sp³-hybridized carbons (Fsp3) is 0.500. The SMILES string of the molecule is CC(NCCc1ccnn1C)c1ccc(C(C)(C)C)cc1. The molecule has 0 fully saturated rings. The van der Waals surface area contributed by atoms with Gasteiger partial charge in [-0.15, -0.1) is 0 Å². The smallest absolute Gasteiger partial charge is 0.0492 e. The summed E-state index contributed by atoms with van der Waals surface area (Å²) in [5.41, 5.74) is 4.20. The van der Waals surface area contributed by atoms with Gasteiger partial charge < -0.3 is 5.32 Å². The highest BCUT2D eigenvalue weighted by atomic mass is 15.3. The van der Waals surface area contributed by atoms with Crippen molar-refractivity contribution in [3.63, 3.8) is 0 Å². The first kappa shape index (κ1) is 15.8. The Bertz CT molecular complexity index is 561. The van der Waals surface area contributed by atoms with E-state index in [0.29, 0.717) is 6.04 Å². The lowest BCUT2D eigenvalue weighted by molar-refractivity contribution is 0.561. The first-order valence-corrected chi connectivity index (χ1v) is 7.68. The molecule has 0 saturated carbocycles. The lowest BCUT2D eigenvalue weighted by atomic mass is 9.86. The number of aromatic nitrogens is 2. The summed E-state index contributed by atoms with van der Waals surface area (Å²) in [4.78, 5) is 0. The molecule has 0 aliphatic carbocycles. The van der Waals surface area contributed by atoms with Crippen molar-refractivity contribution in [2.75, 3.05) is 6.54 Å². The zero-order valence-electron chi connectivity index (χ0n) is 13.9. The standard InChI is InChI=1S/C18H27N3/c1-14(19-12-10-17-11-13-20-21(17)5)15-6-8-16(9-7-15)18(2,3)4/h6-9,11,13-14,19H,10,12H2,1-5H3. The second-order valence-electron chi connectivity index (χ2n) is 6.74. The molecule has 1 aromatic carbocycles.